The molecule has 1 aromatic rings. The normalized spacial score (nSPS) is 12.0. The topological polar surface area (TPSA) is 73.1 Å². The minimum Gasteiger partial charge on any atom is -0.398 e. The van der Waals surface area contributed by atoms with Crippen LogP contribution in [-0.4, -0.2) is 13.4 Å². The Bertz CT molecular complexity index is 449. The van der Waals surface area contributed by atoms with Crippen LogP contribution in [0.2, 0.25) is 0 Å². The van der Waals surface area contributed by atoms with Gasteiger partial charge in [-0.1, -0.05) is 0 Å². The van der Waals surface area contributed by atoms with E-state index in [1.165, 1.54) is 0 Å². The second-order valence-corrected chi connectivity index (χ2v) is 4.90. The molecule has 0 saturated carbocycles. The average molecular weight is 243 g/mol. The van der Waals surface area contributed by atoms with E-state index in [2.05, 4.69) is 4.98 Å². The fourth-order valence-electron chi connectivity index (χ4n) is 0.777. The van der Waals surface area contributed by atoms with Crippen LogP contribution in [0.5, 0.6) is 0 Å². The number of rotatable bonds is 2. The first-order valence-electron chi connectivity index (χ1n) is 3.30. The second kappa shape index (κ2) is 3.66. The van der Waals surface area contributed by atoms with Crippen molar-refractivity contribution in [2.24, 2.45) is 0 Å². The van der Waals surface area contributed by atoms with Gasteiger partial charge in [0.1, 0.15) is 0 Å². The van der Waals surface area contributed by atoms with E-state index in [0.717, 1.165) is 6.07 Å². The summed E-state index contributed by atoms with van der Waals surface area (Å²) in [5.41, 5.74) is 4.30. The molecule has 14 heavy (non-hydrogen) atoms. The van der Waals surface area contributed by atoms with Crippen LogP contribution in [0.1, 0.15) is 12.0 Å². The zero-order chi connectivity index (χ0) is 10.9. The first-order chi connectivity index (χ1) is 6.32. The van der Waals surface area contributed by atoms with Crippen LogP contribution >= 0.6 is 10.7 Å². The van der Waals surface area contributed by atoms with Crippen molar-refractivity contribution in [1.29, 1.82) is 0 Å². The van der Waals surface area contributed by atoms with Crippen molar-refractivity contribution >= 4 is 25.4 Å². The standard InChI is InChI=1S/C6H5ClF2N2O2S/c7-14(12,13)5-1-4(10)3(2-11-5)6(8)9/h1-2,6H,(H2,10,11). The second-order valence-electron chi connectivity index (χ2n) is 2.39. The van der Waals surface area contributed by atoms with E-state index in [0.29, 0.717) is 6.20 Å². The maximum absolute atomic E-state index is 12.2. The molecule has 8 heteroatoms. The van der Waals surface area contributed by atoms with E-state index in [9.17, 15) is 17.2 Å². The fraction of sp³-hybridized carbons (Fsp3) is 0.167. The number of alkyl halides is 2. The van der Waals surface area contributed by atoms with Crippen LogP contribution < -0.4 is 5.73 Å². The third-order valence-electron chi connectivity index (χ3n) is 1.43. The lowest BCUT2D eigenvalue weighted by molar-refractivity contribution is 0.151. The molecule has 2 N–H and O–H groups in total. The molecule has 0 radical (unpaired) electrons. The lowest BCUT2D eigenvalue weighted by Gasteiger charge is -2.04. The van der Waals surface area contributed by atoms with Gasteiger partial charge in [-0.15, -0.1) is 0 Å². The summed E-state index contributed by atoms with van der Waals surface area (Å²) in [6, 6.07) is 0.795. The Morgan fingerprint density at radius 1 is 1.50 bits per heavy atom. The van der Waals surface area contributed by atoms with Gasteiger partial charge in [0.25, 0.3) is 15.5 Å². The molecule has 0 aromatic carbocycles. The Morgan fingerprint density at radius 2 is 2.07 bits per heavy atom. The minimum absolute atomic E-state index is 0.353. The average Bonchev–Trinajstić information content (AvgIpc) is 2.01. The highest BCUT2D eigenvalue weighted by Crippen LogP contribution is 2.26. The summed E-state index contributed by atoms with van der Waals surface area (Å²) in [6.45, 7) is 0. The summed E-state index contributed by atoms with van der Waals surface area (Å²) >= 11 is 0. The molecule has 0 fully saturated rings. The summed E-state index contributed by atoms with van der Waals surface area (Å²) < 4.78 is 45.8. The molecule has 0 saturated heterocycles. The van der Waals surface area contributed by atoms with Gasteiger partial charge < -0.3 is 5.73 Å². The first-order valence-corrected chi connectivity index (χ1v) is 5.61. The van der Waals surface area contributed by atoms with E-state index < -0.39 is 26.1 Å². The predicted molar refractivity (Wildman–Crippen MR) is 46.6 cm³/mol. The maximum Gasteiger partial charge on any atom is 0.278 e. The highest BCUT2D eigenvalue weighted by Gasteiger charge is 2.17. The SMILES string of the molecule is Nc1cc(S(=O)(=O)Cl)ncc1C(F)F. The third-order valence-corrected chi connectivity index (χ3v) is 2.63. The van der Waals surface area contributed by atoms with Gasteiger partial charge in [0.05, 0.1) is 5.56 Å². The van der Waals surface area contributed by atoms with E-state index >= 15 is 0 Å². The van der Waals surface area contributed by atoms with Gasteiger partial charge >= 0.3 is 0 Å². The Labute approximate surface area is 83.1 Å². The number of anilines is 1. The minimum atomic E-state index is -4.03. The highest BCUT2D eigenvalue weighted by molar-refractivity contribution is 8.13. The van der Waals surface area contributed by atoms with Crippen LogP contribution in [0.25, 0.3) is 0 Å². The summed E-state index contributed by atoms with van der Waals surface area (Å²) in [4.78, 5) is 3.25. The van der Waals surface area contributed by atoms with Crippen LogP contribution in [-0.2, 0) is 9.05 Å². The summed E-state index contributed by atoms with van der Waals surface area (Å²) in [5, 5.41) is -0.541. The van der Waals surface area contributed by atoms with Gasteiger partial charge in [-0.3, -0.25) is 0 Å². The molecule has 0 atom stereocenters. The van der Waals surface area contributed by atoms with E-state index in [1.807, 2.05) is 0 Å². The van der Waals surface area contributed by atoms with Gasteiger partial charge in [0.2, 0.25) is 0 Å². The number of nitrogens with two attached hydrogens (primary N) is 1. The van der Waals surface area contributed by atoms with Gasteiger partial charge in [0, 0.05) is 28.6 Å². The predicted octanol–water partition coefficient (Wildman–Crippen LogP) is 1.53. The van der Waals surface area contributed by atoms with Crippen molar-refractivity contribution in [3.63, 3.8) is 0 Å². The number of nitrogen functional groups attached to an aromatic ring is 1. The highest BCUT2D eigenvalue weighted by atomic mass is 35.7. The van der Waals surface area contributed by atoms with Crippen LogP contribution in [0.3, 0.4) is 0 Å². The van der Waals surface area contributed by atoms with E-state index in [4.69, 9.17) is 16.4 Å². The smallest absolute Gasteiger partial charge is 0.278 e. The van der Waals surface area contributed by atoms with Gasteiger partial charge in [-0.2, -0.15) is 0 Å². The molecule has 0 unspecified atom stereocenters. The summed E-state index contributed by atoms with van der Waals surface area (Å²) in [7, 11) is 0.898. The van der Waals surface area contributed by atoms with Crippen LogP contribution in [0.15, 0.2) is 17.3 Å². The molecule has 78 valence electrons. The molecule has 0 aliphatic rings. The fourth-order valence-corrected chi connectivity index (χ4v) is 1.48. The zero-order valence-electron chi connectivity index (χ0n) is 6.62. The number of pyridine rings is 1. The molecule has 0 aliphatic carbocycles. The Morgan fingerprint density at radius 3 is 2.43 bits per heavy atom. The number of aromatic nitrogens is 1. The van der Waals surface area contributed by atoms with E-state index in [-0.39, 0.29) is 5.69 Å². The summed E-state index contributed by atoms with van der Waals surface area (Å²) in [6.07, 6.45) is -2.11. The lowest BCUT2D eigenvalue weighted by Crippen LogP contribution is -2.01. The first kappa shape index (κ1) is 11.1. The molecule has 4 nitrogen and oxygen atoms in total. The van der Waals surface area contributed by atoms with Crippen molar-refractivity contribution < 1.29 is 17.2 Å². The Kier molecular flexibility index (Phi) is 2.91. The number of hydrogen-bond donors (Lipinski definition) is 1. The van der Waals surface area contributed by atoms with Crippen molar-refractivity contribution in [1.82, 2.24) is 4.98 Å². The molecular weight excluding hydrogens is 238 g/mol. The van der Waals surface area contributed by atoms with E-state index in [1.54, 1.807) is 0 Å². The van der Waals surface area contributed by atoms with Gasteiger partial charge in [0.15, 0.2) is 5.03 Å². The van der Waals surface area contributed by atoms with Crippen molar-refractivity contribution in [3.05, 3.63) is 17.8 Å². The molecule has 0 amide bonds. The lowest BCUT2D eigenvalue weighted by atomic mass is 10.2. The molecule has 0 bridgehead atoms. The van der Waals surface area contributed by atoms with Crippen molar-refractivity contribution in [2.45, 2.75) is 11.5 Å². The monoisotopic (exact) mass is 242 g/mol. The Balaban J connectivity index is 3.27. The maximum atomic E-state index is 12.2. The largest absolute Gasteiger partial charge is 0.398 e. The van der Waals surface area contributed by atoms with Gasteiger partial charge in [-0.05, 0) is 0 Å². The quantitative estimate of drug-likeness (QED) is 0.798. The summed E-state index contributed by atoms with van der Waals surface area (Å²) in [5.74, 6) is 0. The van der Waals surface area contributed by atoms with Crippen LogP contribution in [0, 0.1) is 0 Å². The number of hydrogen-bond acceptors (Lipinski definition) is 4. The number of halogens is 3. The molecule has 0 spiro atoms. The third kappa shape index (κ3) is 2.30. The zero-order valence-corrected chi connectivity index (χ0v) is 8.19. The molecule has 1 aromatic heterocycles. The van der Waals surface area contributed by atoms with Crippen LogP contribution in [0.4, 0.5) is 14.5 Å². The Hall–Kier alpha value is -0.950. The van der Waals surface area contributed by atoms with Crippen molar-refractivity contribution in [2.75, 3.05) is 5.73 Å². The van der Waals surface area contributed by atoms with Crippen molar-refractivity contribution in [3.8, 4) is 0 Å². The molecule has 1 heterocycles. The molecule has 0 aliphatic heterocycles. The number of nitrogens with zero attached hydrogens (tertiary/aromatic N) is 1. The van der Waals surface area contributed by atoms with Gasteiger partial charge in [-0.25, -0.2) is 22.2 Å². The molecule has 1 rings (SSSR count). The molecular formula is C6H5ClF2N2O2S.